The van der Waals surface area contributed by atoms with Crippen molar-refractivity contribution in [2.24, 2.45) is 5.73 Å². The van der Waals surface area contributed by atoms with Crippen LogP contribution < -0.4 is 27.0 Å². The number of primary amides is 1. The number of carbonyl (C=O) groups excluding carboxylic acids is 2. The van der Waals surface area contributed by atoms with E-state index in [1.54, 1.807) is 24.3 Å². The number of hydrogen-bond acceptors (Lipinski definition) is 12. The number of aliphatic hydroxyl groups is 3. The molecule has 240 valence electrons. The lowest BCUT2D eigenvalue weighted by molar-refractivity contribution is -0.241. The number of hydrogen-bond donors (Lipinski definition) is 6. The van der Waals surface area contributed by atoms with Crippen molar-refractivity contribution in [1.82, 2.24) is 9.55 Å². The fourth-order valence-corrected chi connectivity index (χ4v) is 4.76. The van der Waals surface area contributed by atoms with Gasteiger partial charge in [-0.15, -0.1) is 0 Å². The number of rotatable bonds is 13. The van der Waals surface area contributed by atoms with Crippen molar-refractivity contribution in [1.29, 1.82) is 0 Å². The Kier molecular flexibility index (Phi) is 10.9. The lowest BCUT2D eigenvalue weighted by Gasteiger charge is -2.35. The summed E-state index contributed by atoms with van der Waals surface area (Å²) in [6.07, 6.45) is -7.65. The Bertz CT molecular complexity index is 1440. The zero-order valence-electron chi connectivity index (χ0n) is 24.0. The molecular weight excluding hydrogens is 584 g/mol. The molecule has 3 heterocycles. The first-order valence-corrected chi connectivity index (χ1v) is 14.0. The number of aliphatic hydroxyl groups excluding tert-OH is 3. The van der Waals surface area contributed by atoms with E-state index in [0.717, 1.165) is 42.2 Å². The van der Waals surface area contributed by atoms with Gasteiger partial charge < -0.3 is 50.1 Å². The average Bonchev–Trinajstić information content (AvgIpc) is 3.31. The number of benzene rings is 1. The molecule has 2 aliphatic heterocycles. The number of amides is 2. The van der Waals surface area contributed by atoms with Gasteiger partial charge in [0.2, 0.25) is 12.2 Å². The predicted molar refractivity (Wildman–Crippen MR) is 151 cm³/mol. The predicted octanol–water partition coefficient (Wildman–Crippen LogP) is -1.15. The minimum Gasteiger partial charge on any atom is -0.494 e. The molecule has 2 amide bonds. The Labute approximate surface area is 250 Å². The number of carbonyl (C=O) groups is 2. The molecular formula is C28H36N4O12. The maximum Gasteiger partial charge on any atom is 0.330 e. The van der Waals surface area contributed by atoms with Crippen LogP contribution in [0.3, 0.4) is 0 Å². The van der Waals surface area contributed by atoms with Crippen LogP contribution in [0.2, 0.25) is 0 Å². The minimum absolute atomic E-state index is 0.383. The third-order valence-electron chi connectivity index (χ3n) is 7.05. The molecule has 1 aromatic heterocycles. The van der Waals surface area contributed by atoms with Crippen molar-refractivity contribution in [2.75, 3.05) is 19.0 Å². The average molecular weight is 621 g/mol. The van der Waals surface area contributed by atoms with E-state index < -0.39 is 78.0 Å². The molecule has 0 radical (unpaired) electrons. The van der Waals surface area contributed by atoms with E-state index >= 15 is 0 Å². The summed E-state index contributed by atoms with van der Waals surface area (Å²) in [5.41, 5.74) is 4.36. The number of methoxy groups -OCH3 is 1. The Balaban J connectivity index is 1.46. The Morgan fingerprint density at radius 3 is 2.48 bits per heavy atom. The minimum atomic E-state index is -1.81. The van der Waals surface area contributed by atoms with Crippen molar-refractivity contribution in [3.8, 4) is 5.75 Å². The second kappa shape index (κ2) is 14.6. The molecule has 2 aromatic rings. The van der Waals surface area contributed by atoms with Crippen molar-refractivity contribution >= 4 is 17.5 Å². The van der Waals surface area contributed by atoms with Gasteiger partial charge in [0.15, 0.2) is 18.1 Å². The van der Waals surface area contributed by atoms with E-state index in [4.69, 9.17) is 29.4 Å². The largest absolute Gasteiger partial charge is 0.494 e. The zero-order chi connectivity index (χ0) is 32.0. The number of unbranched alkanes of at least 4 members (excludes halogenated alkanes) is 2. The number of nitrogens with zero attached hydrogens (tertiary/aromatic N) is 1. The molecule has 0 saturated carbocycles. The molecule has 4 rings (SSSR count). The van der Waals surface area contributed by atoms with E-state index in [1.807, 2.05) is 4.98 Å². The molecule has 44 heavy (non-hydrogen) atoms. The molecule has 0 unspecified atom stereocenters. The van der Waals surface area contributed by atoms with Crippen molar-refractivity contribution in [3.05, 3.63) is 69.2 Å². The van der Waals surface area contributed by atoms with Gasteiger partial charge in [0.05, 0.1) is 6.61 Å². The SMILES string of the molecule is CCCCCOc1ccc(NC(=O)C2=C[C@H](O)[C@H](O)[C@@H](O[C@@H](C(N)=O)[C@H]3O[C@@H](n4ccc(=O)[nH]c4=O)[C@H](O)[C@@H]3OC)O2)cc1. The molecule has 16 nitrogen and oxygen atoms in total. The summed E-state index contributed by atoms with van der Waals surface area (Å²) in [5, 5.41) is 34.4. The molecule has 0 spiro atoms. The summed E-state index contributed by atoms with van der Waals surface area (Å²) in [5.74, 6) is -1.74. The van der Waals surface area contributed by atoms with Crippen LogP contribution in [0.5, 0.6) is 5.75 Å². The van der Waals surface area contributed by atoms with Crippen molar-refractivity contribution < 1.29 is 48.6 Å². The van der Waals surface area contributed by atoms with Gasteiger partial charge in [-0.25, -0.2) is 4.79 Å². The molecule has 8 atom stereocenters. The monoisotopic (exact) mass is 620 g/mol. The fourth-order valence-electron chi connectivity index (χ4n) is 4.76. The first-order chi connectivity index (χ1) is 21.0. The lowest BCUT2D eigenvalue weighted by atomic mass is 10.0. The first kappa shape index (κ1) is 32.8. The van der Waals surface area contributed by atoms with Crippen LogP contribution in [0.1, 0.15) is 32.4 Å². The van der Waals surface area contributed by atoms with Crippen molar-refractivity contribution in [2.45, 2.75) is 75.3 Å². The summed E-state index contributed by atoms with van der Waals surface area (Å²) >= 11 is 0. The molecule has 7 N–H and O–H groups in total. The van der Waals surface area contributed by atoms with Crippen LogP contribution in [0.15, 0.2) is 58.0 Å². The van der Waals surface area contributed by atoms with Gasteiger partial charge in [0.1, 0.15) is 36.3 Å². The summed E-state index contributed by atoms with van der Waals surface area (Å²) in [4.78, 5) is 51.3. The number of nitrogens with one attached hydrogen (secondary N) is 2. The number of nitrogens with two attached hydrogens (primary N) is 1. The maximum absolute atomic E-state index is 13.0. The van der Waals surface area contributed by atoms with Crippen LogP contribution in [-0.2, 0) is 28.5 Å². The summed E-state index contributed by atoms with van der Waals surface area (Å²) in [6, 6.07) is 7.59. The van der Waals surface area contributed by atoms with E-state index in [9.17, 15) is 34.5 Å². The van der Waals surface area contributed by atoms with Crippen molar-refractivity contribution in [3.63, 3.8) is 0 Å². The van der Waals surface area contributed by atoms with E-state index in [-0.39, 0.29) is 0 Å². The van der Waals surface area contributed by atoms with Gasteiger partial charge in [-0.3, -0.25) is 23.9 Å². The Morgan fingerprint density at radius 2 is 1.84 bits per heavy atom. The Hall–Kier alpha value is -4.06. The summed E-state index contributed by atoms with van der Waals surface area (Å²) < 4.78 is 28.7. The molecule has 0 bridgehead atoms. The highest BCUT2D eigenvalue weighted by atomic mass is 16.7. The van der Waals surface area contributed by atoms with Gasteiger partial charge in [-0.2, -0.15) is 0 Å². The van der Waals surface area contributed by atoms with Gasteiger partial charge in [-0.1, -0.05) is 19.8 Å². The Morgan fingerprint density at radius 1 is 1.11 bits per heavy atom. The molecule has 1 fully saturated rings. The van der Waals surface area contributed by atoms with Crippen LogP contribution in [0, 0.1) is 0 Å². The zero-order valence-corrected chi connectivity index (χ0v) is 24.0. The number of aromatic nitrogens is 2. The summed E-state index contributed by atoms with van der Waals surface area (Å²) in [6.45, 7) is 2.66. The third-order valence-corrected chi connectivity index (χ3v) is 7.05. The highest BCUT2D eigenvalue weighted by Crippen LogP contribution is 2.34. The van der Waals surface area contributed by atoms with Gasteiger partial charge in [-0.05, 0) is 36.8 Å². The molecule has 1 aromatic carbocycles. The van der Waals surface area contributed by atoms with E-state index in [0.29, 0.717) is 18.0 Å². The van der Waals surface area contributed by atoms with Crippen LogP contribution in [-0.4, -0.2) is 93.3 Å². The lowest BCUT2D eigenvalue weighted by Crippen LogP contribution is -2.53. The highest BCUT2D eigenvalue weighted by Gasteiger charge is 2.52. The first-order valence-electron chi connectivity index (χ1n) is 14.0. The molecule has 2 aliphatic rings. The summed E-state index contributed by atoms with van der Waals surface area (Å²) in [7, 11) is 1.20. The number of H-pyrrole nitrogens is 1. The third kappa shape index (κ3) is 7.53. The van der Waals surface area contributed by atoms with Crippen LogP contribution >= 0.6 is 0 Å². The number of aromatic amines is 1. The number of ether oxygens (including phenoxy) is 5. The van der Waals surface area contributed by atoms with E-state index in [2.05, 4.69) is 12.2 Å². The normalized spacial score (nSPS) is 27.2. The topological polar surface area (TPSA) is 234 Å². The smallest absolute Gasteiger partial charge is 0.330 e. The van der Waals surface area contributed by atoms with Crippen LogP contribution in [0.25, 0.3) is 0 Å². The second-order valence-corrected chi connectivity index (χ2v) is 10.2. The molecule has 16 heteroatoms. The van der Waals surface area contributed by atoms with E-state index in [1.165, 1.54) is 7.11 Å². The molecule has 1 saturated heterocycles. The van der Waals surface area contributed by atoms with Gasteiger partial charge >= 0.3 is 5.69 Å². The molecule has 0 aliphatic carbocycles. The van der Waals surface area contributed by atoms with Gasteiger partial charge in [0, 0.05) is 25.1 Å². The fraction of sp³-hybridized carbons (Fsp3) is 0.500. The standard InChI is InChI=1S/C28H36N4O12/c1-3-4-5-12-41-15-8-6-14(7-9-15)30-25(38)17-13-16(33)19(35)27(42-17)44-23(24(29)37)22-21(40-2)20(36)26(43-22)32-11-10-18(34)31-28(32)39/h6-11,13,16,19-23,26-27,33,35-36H,3-5,12H2,1-2H3,(H2,29,37)(H,30,38)(H,31,34,39)/t16-,19-,20+,21-,22-,23+,26+,27+/m0/s1. The second-order valence-electron chi connectivity index (χ2n) is 10.2. The quantitative estimate of drug-likeness (QED) is 0.146. The van der Waals surface area contributed by atoms with Crippen LogP contribution in [0.4, 0.5) is 5.69 Å². The number of anilines is 1. The van der Waals surface area contributed by atoms with Gasteiger partial charge in [0.25, 0.3) is 11.5 Å². The maximum atomic E-state index is 13.0. The highest BCUT2D eigenvalue weighted by molar-refractivity contribution is 6.02.